The van der Waals surface area contributed by atoms with Gasteiger partial charge in [0.2, 0.25) is 0 Å². The first-order chi connectivity index (χ1) is 13.7. The number of hydrogen-bond donors (Lipinski definition) is 2. The van der Waals surface area contributed by atoms with Crippen molar-refractivity contribution in [2.24, 2.45) is 0 Å². The van der Waals surface area contributed by atoms with Crippen LogP contribution in [0.5, 0.6) is 0 Å². The molecule has 0 bridgehead atoms. The van der Waals surface area contributed by atoms with Crippen LogP contribution in [0.2, 0.25) is 0 Å². The average Bonchev–Trinajstić information content (AvgIpc) is 2.74. The Morgan fingerprint density at radius 1 is 0.929 bits per heavy atom. The minimum Gasteiger partial charge on any atom is -0.346 e. The summed E-state index contributed by atoms with van der Waals surface area (Å²) in [6.07, 6.45) is 4.57. The van der Waals surface area contributed by atoms with Crippen molar-refractivity contribution in [3.63, 3.8) is 0 Å². The standard InChI is InChI=1S/C21H16FN5O/c22-16-8-2-1-5-15(16)11-26-21(28)18-12-25-19(13-24-18)27-17-9-3-6-14-7-4-10-23-20(14)17/h1-10,12-13H,11H2,(H,25,27)(H,26,28). The van der Waals surface area contributed by atoms with E-state index in [-0.39, 0.29) is 18.1 Å². The number of hydrogen-bond acceptors (Lipinski definition) is 5. The Morgan fingerprint density at radius 3 is 2.61 bits per heavy atom. The third-order valence-corrected chi connectivity index (χ3v) is 4.18. The van der Waals surface area contributed by atoms with E-state index in [1.54, 1.807) is 24.4 Å². The van der Waals surface area contributed by atoms with Crippen molar-refractivity contribution in [3.8, 4) is 0 Å². The van der Waals surface area contributed by atoms with Gasteiger partial charge in [-0.05, 0) is 18.2 Å². The lowest BCUT2D eigenvalue weighted by Crippen LogP contribution is -2.24. The summed E-state index contributed by atoms with van der Waals surface area (Å²) >= 11 is 0. The van der Waals surface area contributed by atoms with E-state index in [2.05, 4.69) is 25.6 Å². The predicted octanol–water partition coefficient (Wildman–Crippen LogP) is 3.84. The summed E-state index contributed by atoms with van der Waals surface area (Å²) in [6.45, 7) is 0.0782. The molecule has 4 aromatic rings. The molecule has 7 heteroatoms. The van der Waals surface area contributed by atoms with Crippen LogP contribution in [0.25, 0.3) is 10.9 Å². The van der Waals surface area contributed by atoms with Gasteiger partial charge in [0, 0.05) is 23.7 Å². The molecule has 138 valence electrons. The molecule has 0 atom stereocenters. The van der Waals surface area contributed by atoms with Gasteiger partial charge in [-0.15, -0.1) is 0 Å². The number of nitrogens with one attached hydrogen (secondary N) is 2. The van der Waals surface area contributed by atoms with E-state index >= 15 is 0 Å². The van der Waals surface area contributed by atoms with Gasteiger partial charge in [-0.25, -0.2) is 14.4 Å². The van der Waals surface area contributed by atoms with Crippen LogP contribution >= 0.6 is 0 Å². The number of anilines is 2. The van der Waals surface area contributed by atoms with Crippen LogP contribution in [0.4, 0.5) is 15.9 Å². The first-order valence-corrected chi connectivity index (χ1v) is 8.65. The fourth-order valence-corrected chi connectivity index (χ4v) is 2.76. The third-order valence-electron chi connectivity index (χ3n) is 4.18. The van der Waals surface area contributed by atoms with E-state index in [0.29, 0.717) is 11.4 Å². The minimum atomic E-state index is -0.422. The molecule has 0 unspecified atom stereocenters. The maximum atomic E-state index is 13.6. The van der Waals surface area contributed by atoms with E-state index in [9.17, 15) is 9.18 Å². The van der Waals surface area contributed by atoms with E-state index in [0.717, 1.165) is 16.6 Å². The second-order valence-corrected chi connectivity index (χ2v) is 6.07. The lowest BCUT2D eigenvalue weighted by atomic mass is 10.2. The van der Waals surface area contributed by atoms with Crippen molar-refractivity contribution in [1.29, 1.82) is 0 Å². The van der Waals surface area contributed by atoms with Gasteiger partial charge >= 0.3 is 0 Å². The highest BCUT2D eigenvalue weighted by Gasteiger charge is 2.10. The van der Waals surface area contributed by atoms with Gasteiger partial charge in [0.05, 0.1) is 23.6 Å². The smallest absolute Gasteiger partial charge is 0.271 e. The Morgan fingerprint density at radius 2 is 1.79 bits per heavy atom. The van der Waals surface area contributed by atoms with Gasteiger partial charge in [0.25, 0.3) is 5.91 Å². The number of nitrogens with zero attached hydrogens (tertiary/aromatic N) is 3. The number of halogens is 1. The van der Waals surface area contributed by atoms with Crippen LogP contribution in [0.15, 0.2) is 73.2 Å². The molecule has 0 aliphatic heterocycles. The van der Waals surface area contributed by atoms with Crippen LogP contribution in [-0.4, -0.2) is 20.9 Å². The molecule has 2 heterocycles. The van der Waals surface area contributed by atoms with E-state index in [4.69, 9.17) is 0 Å². The molecule has 2 N–H and O–H groups in total. The van der Waals surface area contributed by atoms with Gasteiger partial charge < -0.3 is 10.6 Å². The largest absolute Gasteiger partial charge is 0.346 e. The Balaban J connectivity index is 1.45. The first kappa shape index (κ1) is 17.5. The lowest BCUT2D eigenvalue weighted by molar-refractivity contribution is 0.0945. The lowest BCUT2D eigenvalue weighted by Gasteiger charge is -2.09. The molecule has 0 saturated carbocycles. The number of aromatic nitrogens is 3. The molecule has 0 saturated heterocycles. The van der Waals surface area contributed by atoms with Crippen molar-refractivity contribution >= 4 is 28.3 Å². The number of carbonyl (C=O) groups excluding carboxylic acids is 1. The topological polar surface area (TPSA) is 79.8 Å². The van der Waals surface area contributed by atoms with Crippen LogP contribution in [0.3, 0.4) is 0 Å². The normalized spacial score (nSPS) is 10.6. The van der Waals surface area contributed by atoms with Crippen molar-refractivity contribution < 1.29 is 9.18 Å². The molecule has 0 aliphatic rings. The molecule has 2 aromatic carbocycles. The monoisotopic (exact) mass is 373 g/mol. The fraction of sp³-hybridized carbons (Fsp3) is 0.0476. The molecule has 0 fully saturated rings. The number of amides is 1. The molecule has 0 radical (unpaired) electrons. The Hall–Kier alpha value is -3.87. The SMILES string of the molecule is O=C(NCc1ccccc1F)c1cnc(Nc2cccc3cccnc23)cn1. The summed E-state index contributed by atoms with van der Waals surface area (Å²) in [5.41, 5.74) is 2.17. The van der Waals surface area contributed by atoms with E-state index in [1.165, 1.54) is 18.5 Å². The van der Waals surface area contributed by atoms with Gasteiger partial charge in [-0.1, -0.05) is 36.4 Å². The third kappa shape index (κ3) is 3.78. The number of para-hydroxylation sites is 1. The van der Waals surface area contributed by atoms with Crippen molar-refractivity contribution in [3.05, 3.63) is 90.3 Å². The second-order valence-electron chi connectivity index (χ2n) is 6.07. The van der Waals surface area contributed by atoms with Crippen molar-refractivity contribution in [2.75, 3.05) is 5.32 Å². The molecule has 0 aliphatic carbocycles. The maximum absolute atomic E-state index is 13.6. The number of carbonyl (C=O) groups is 1. The van der Waals surface area contributed by atoms with E-state index < -0.39 is 5.91 Å². The number of fused-ring (bicyclic) bond motifs is 1. The summed E-state index contributed by atoms with van der Waals surface area (Å²) in [5, 5.41) is 6.80. The van der Waals surface area contributed by atoms with Crippen molar-refractivity contribution in [1.82, 2.24) is 20.3 Å². The Bertz CT molecular complexity index is 1130. The quantitative estimate of drug-likeness (QED) is 0.556. The molecule has 28 heavy (non-hydrogen) atoms. The molecule has 1 amide bonds. The summed E-state index contributed by atoms with van der Waals surface area (Å²) in [4.78, 5) is 25.0. The molecule has 2 aromatic heterocycles. The predicted molar refractivity (Wildman–Crippen MR) is 105 cm³/mol. The summed E-state index contributed by atoms with van der Waals surface area (Å²) in [7, 11) is 0. The molecule has 4 rings (SSSR count). The average molecular weight is 373 g/mol. The zero-order chi connectivity index (χ0) is 19.3. The number of pyridine rings is 1. The van der Waals surface area contributed by atoms with Crippen LogP contribution in [0.1, 0.15) is 16.1 Å². The zero-order valence-corrected chi connectivity index (χ0v) is 14.8. The number of rotatable bonds is 5. The van der Waals surface area contributed by atoms with Crippen LogP contribution in [-0.2, 0) is 6.54 Å². The molecule has 6 nitrogen and oxygen atoms in total. The highest BCUT2D eigenvalue weighted by Crippen LogP contribution is 2.23. The van der Waals surface area contributed by atoms with Gasteiger partial charge in [-0.3, -0.25) is 9.78 Å². The van der Waals surface area contributed by atoms with Crippen LogP contribution < -0.4 is 10.6 Å². The van der Waals surface area contributed by atoms with E-state index in [1.807, 2.05) is 30.3 Å². The maximum Gasteiger partial charge on any atom is 0.271 e. The van der Waals surface area contributed by atoms with Gasteiger partial charge in [-0.2, -0.15) is 0 Å². The Labute approximate surface area is 160 Å². The fourth-order valence-electron chi connectivity index (χ4n) is 2.76. The highest BCUT2D eigenvalue weighted by atomic mass is 19.1. The Kier molecular flexibility index (Phi) is 4.88. The second kappa shape index (κ2) is 7.79. The molecular weight excluding hydrogens is 357 g/mol. The highest BCUT2D eigenvalue weighted by molar-refractivity contribution is 5.93. The van der Waals surface area contributed by atoms with Crippen molar-refractivity contribution in [2.45, 2.75) is 6.54 Å². The van der Waals surface area contributed by atoms with Crippen LogP contribution in [0, 0.1) is 5.82 Å². The summed E-state index contributed by atoms with van der Waals surface area (Å²) < 4.78 is 13.6. The first-order valence-electron chi connectivity index (χ1n) is 8.65. The molecule has 0 spiro atoms. The number of benzene rings is 2. The zero-order valence-electron chi connectivity index (χ0n) is 14.8. The van der Waals surface area contributed by atoms with Gasteiger partial charge in [0.1, 0.15) is 17.3 Å². The summed E-state index contributed by atoms with van der Waals surface area (Å²) in [6, 6.07) is 15.9. The minimum absolute atomic E-state index is 0.0782. The molecular formula is C21H16FN5O. The van der Waals surface area contributed by atoms with Gasteiger partial charge in [0.15, 0.2) is 0 Å². The summed E-state index contributed by atoms with van der Waals surface area (Å²) in [5.74, 6) is -0.296.